The van der Waals surface area contributed by atoms with Gasteiger partial charge in [0.2, 0.25) is 5.89 Å². The van der Waals surface area contributed by atoms with Crippen molar-refractivity contribution < 1.29 is 23.1 Å². The molecule has 2 aromatic heterocycles. The quantitative estimate of drug-likeness (QED) is 0.408. The highest BCUT2D eigenvalue weighted by atomic mass is 79.9. The van der Waals surface area contributed by atoms with Gasteiger partial charge in [0.05, 0.1) is 31.0 Å². The van der Waals surface area contributed by atoms with Crippen molar-refractivity contribution >= 4 is 21.8 Å². The molecule has 0 saturated carbocycles. The summed E-state index contributed by atoms with van der Waals surface area (Å²) in [5.41, 5.74) is 0.474. The predicted molar refractivity (Wildman–Crippen MR) is 114 cm³/mol. The first-order chi connectivity index (χ1) is 14.6. The summed E-state index contributed by atoms with van der Waals surface area (Å²) in [6.07, 6.45) is 3.18. The lowest BCUT2D eigenvalue weighted by molar-refractivity contribution is 0.0728. The molecular weight excluding hydrogens is 454 g/mol. The van der Waals surface area contributed by atoms with E-state index in [2.05, 4.69) is 26.1 Å². The molecule has 0 aliphatic carbocycles. The standard InChI is InChI=1S/C21H24BrN3O5/c1-4-8-25(13-18-23-24-20(30-18)16-7-6-10-28-16)21(26)14-11-15(22)19(29-9-5-2)17(12-14)27-3/h6-7,10-12H,4-5,8-9,13H2,1-3H3. The molecule has 8 nitrogen and oxygen atoms in total. The van der Waals surface area contributed by atoms with E-state index in [4.69, 9.17) is 18.3 Å². The Labute approximate surface area is 183 Å². The number of methoxy groups -OCH3 is 1. The van der Waals surface area contributed by atoms with E-state index in [0.29, 0.717) is 46.3 Å². The molecule has 9 heteroatoms. The molecule has 0 N–H and O–H groups in total. The van der Waals surface area contributed by atoms with Crippen LogP contribution in [-0.2, 0) is 6.54 Å². The average Bonchev–Trinajstić information content (AvgIpc) is 3.43. The lowest BCUT2D eigenvalue weighted by Crippen LogP contribution is -2.31. The van der Waals surface area contributed by atoms with E-state index in [1.54, 1.807) is 36.3 Å². The Morgan fingerprint density at radius 2 is 2.07 bits per heavy atom. The summed E-state index contributed by atoms with van der Waals surface area (Å²) in [6, 6.07) is 6.90. The SMILES string of the molecule is CCCOc1c(Br)cc(C(=O)N(CCC)Cc2nnc(-c3ccco3)o2)cc1OC. The number of nitrogens with zero attached hydrogens (tertiary/aromatic N) is 3. The third-order valence-electron chi connectivity index (χ3n) is 4.23. The predicted octanol–water partition coefficient (Wildman–Crippen LogP) is 4.94. The van der Waals surface area contributed by atoms with Crippen molar-refractivity contribution in [3.05, 3.63) is 46.5 Å². The Bertz CT molecular complexity index is 971. The van der Waals surface area contributed by atoms with Crippen molar-refractivity contribution in [1.29, 1.82) is 0 Å². The smallest absolute Gasteiger partial charge is 0.283 e. The van der Waals surface area contributed by atoms with Gasteiger partial charge in [-0.25, -0.2) is 0 Å². The molecule has 3 rings (SSSR count). The van der Waals surface area contributed by atoms with Crippen LogP contribution in [0.25, 0.3) is 11.7 Å². The first kappa shape index (κ1) is 21.9. The van der Waals surface area contributed by atoms with E-state index in [1.165, 1.54) is 6.26 Å². The number of rotatable bonds is 10. The van der Waals surface area contributed by atoms with Gasteiger partial charge in [0.1, 0.15) is 0 Å². The fourth-order valence-electron chi connectivity index (χ4n) is 2.87. The fourth-order valence-corrected chi connectivity index (χ4v) is 3.43. The maximum Gasteiger partial charge on any atom is 0.283 e. The number of aromatic nitrogens is 2. The molecule has 1 aromatic carbocycles. The second-order valence-electron chi connectivity index (χ2n) is 6.54. The summed E-state index contributed by atoms with van der Waals surface area (Å²) >= 11 is 3.49. The molecule has 0 fully saturated rings. The van der Waals surface area contributed by atoms with Crippen molar-refractivity contribution in [2.24, 2.45) is 0 Å². The number of halogens is 1. The first-order valence-electron chi connectivity index (χ1n) is 9.73. The molecule has 0 atom stereocenters. The Morgan fingerprint density at radius 1 is 1.23 bits per heavy atom. The molecule has 3 aromatic rings. The van der Waals surface area contributed by atoms with Crippen LogP contribution in [0.4, 0.5) is 0 Å². The largest absolute Gasteiger partial charge is 0.493 e. The molecule has 1 amide bonds. The highest BCUT2D eigenvalue weighted by Gasteiger charge is 2.22. The van der Waals surface area contributed by atoms with Gasteiger partial charge >= 0.3 is 0 Å². The lowest BCUT2D eigenvalue weighted by Gasteiger charge is -2.21. The summed E-state index contributed by atoms with van der Waals surface area (Å²) in [7, 11) is 1.55. The van der Waals surface area contributed by atoms with Crippen molar-refractivity contribution in [2.75, 3.05) is 20.3 Å². The summed E-state index contributed by atoms with van der Waals surface area (Å²) < 4.78 is 22.8. The maximum atomic E-state index is 13.2. The highest BCUT2D eigenvalue weighted by Crippen LogP contribution is 2.37. The Morgan fingerprint density at radius 3 is 2.73 bits per heavy atom. The third-order valence-corrected chi connectivity index (χ3v) is 4.82. The number of hydrogen-bond acceptors (Lipinski definition) is 7. The molecule has 0 saturated heterocycles. The zero-order valence-corrected chi connectivity index (χ0v) is 18.8. The minimum atomic E-state index is -0.171. The van der Waals surface area contributed by atoms with Crippen LogP contribution in [0.15, 0.2) is 43.8 Å². The van der Waals surface area contributed by atoms with Crippen LogP contribution in [0, 0.1) is 0 Å². The normalized spacial score (nSPS) is 10.8. The molecule has 160 valence electrons. The van der Waals surface area contributed by atoms with E-state index in [0.717, 1.165) is 12.8 Å². The zero-order valence-electron chi connectivity index (χ0n) is 17.2. The zero-order chi connectivity index (χ0) is 21.5. The minimum absolute atomic E-state index is 0.171. The van der Waals surface area contributed by atoms with Gasteiger partial charge in [-0.1, -0.05) is 13.8 Å². The number of benzene rings is 1. The van der Waals surface area contributed by atoms with E-state index >= 15 is 0 Å². The summed E-state index contributed by atoms with van der Waals surface area (Å²) in [5.74, 6) is 2.00. The van der Waals surface area contributed by atoms with Crippen molar-refractivity contribution in [3.8, 4) is 23.1 Å². The van der Waals surface area contributed by atoms with E-state index in [-0.39, 0.29) is 18.3 Å². The lowest BCUT2D eigenvalue weighted by atomic mass is 10.1. The van der Waals surface area contributed by atoms with Crippen LogP contribution in [-0.4, -0.2) is 41.3 Å². The number of ether oxygens (including phenoxy) is 2. The van der Waals surface area contributed by atoms with Crippen molar-refractivity contribution in [2.45, 2.75) is 33.2 Å². The second kappa shape index (κ2) is 10.3. The molecule has 0 spiro atoms. The van der Waals surface area contributed by atoms with Crippen LogP contribution < -0.4 is 9.47 Å². The van der Waals surface area contributed by atoms with Crippen molar-refractivity contribution in [3.63, 3.8) is 0 Å². The van der Waals surface area contributed by atoms with Gasteiger partial charge in [-0.2, -0.15) is 0 Å². The molecular formula is C21H24BrN3O5. The van der Waals surface area contributed by atoms with Crippen LogP contribution in [0.5, 0.6) is 11.5 Å². The van der Waals surface area contributed by atoms with Gasteiger partial charge in [-0.05, 0) is 53.0 Å². The number of amides is 1. The van der Waals surface area contributed by atoms with Crippen LogP contribution in [0.3, 0.4) is 0 Å². The Balaban J connectivity index is 1.82. The van der Waals surface area contributed by atoms with E-state index in [9.17, 15) is 4.79 Å². The first-order valence-corrected chi connectivity index (χ1v) is 10.5. The molecule has 0 bridgehead atoms. The topological polar surface area (TPSA) is 90.8 Å². The maximum absolute atomic E-state index is 13.2. The van der Waals surface area contributed by atoms with Gasteiger partial charge in [-0.15, -0.1) is 10.2 Å². The molecule has 30 heavy (non-hydrogen) atoms. The minimum Gasteiger partial charge on any atom is -0.493 e. The fraction of sp³-hybridized carbons (Fsp3) is 0.381. The molecule has 0 aliphatic rings. The van der Waals surface area contributed by atoms with Crippen molar-refractivity contribution in [1.82, 2.24) is 15.1 Å². The monoisotopic (exact) mass is 477 g/mol. The summed E-state index contributed by atoms with van der Waals surface area (Å²) in [5, 5.41) is 8.04. The number of carbonyl (C=O) groups is 1. The van der Waals surface area contributed by atoms with Crippen LogP contribution in [0.2, 0.25) is 0 Å². The number of carbonyl (C=O) groups excluding carboxylic acids is 1. The molecule has 2 heterocycles. The van der Waals surface area contributed by atoms with E-state index in [1.807, 2.05) is 13.8 Å². The van der Waals surface area contributed by atoms with Gasteiger partial charge in [0, 0.05) is 12.1 Å². The Kier molecular flexibility index (Phi) is 7.51. The Hall–Kier alpha value is -2.81. The highest BCUT2D eigenvalue weighted by molar-refractivity contribution is 9.10. The summed E-state index contributed by atoms with van der Waals surface area (Å²) in [6.45, 7) is 5.30. The third kappa shape index (κ3) is 5.02. The second-order valence-corrected chi connectivity index (χ2v) is 7.40. The van der Waals surface area contributed by atoms with Gasteiger partial charge in [0.15, 0.2) is 17.3 Å². The van der Waals surface area contributed by atoms with Gasteiger partial charge in [-0.3, -0.25) is 4.79 Å². The van der Waals surface area contributed by atoms with Gasteiger partial charge < -0.3 is 23.2 Å². The van der Waals surface area contributed by atoms with E-state index < -0.39 is 0 Å². The van der Waals surface area contributed by atoms with Crippen LogP contribution >= 0.6 is 15.9 Å². The average molecular weight is 478 g/mol. The summed E-state index contributed by atoms with van der Waals surface area (Å²) in [4.78, 5) is 14.9. The number of furan rings is 1. The van der Waals surface area contributed by atoms with Gasteiger partial charge in [0.25, 0.3) is 11.8 Å². The molecule has 0 aliphatic heterocycles. The molecule has 0 radical (unpaired) electrons. The number of hydrogen-bond donors (Lipinski definition) is 0. The van der Waals surface area contributed by atoms with Crippen LogP contribution in [0.1, 0.15) is 42.9 Å². The molecule has 0 unspecified atom stereocenters.